The maximum absolute atomic E-state index is 11.2. The number of ether oxygens (including phenoxy) is 1. The summed E-state index contributed by atoms with van der Waals surface area (Å²) in [6.45, 7) is 2.88. The molecule has 1 aromatic heterocycles. The van der Waals surface area contributed by atoms with E-state index in [0.717, 1.165) is 6.54 Å². The standard InChI is InChI=1S/C10H15N2O2/c1-4-12-7-5-6-9(8-12)14-10(13)11(2)3/h5-8H,4H2,1-3H3/q+1. The van der Waals surface area contributed by atoms with Crippen LogP contribution in [-0.2, 0) is 6.54 Å². The number of aromatic nitrogens is 1. The topological polar surface area (TPSA) is 33.4 Å². The van der Waals surface area contributed by atoms with Gasteiger partial charge in [0, 0.05) is 20.2 Å². The van der Waals surface area contributed by atoms with Gasteiger partial charge in [-0.2, -0.15) is 0 Å². The zero-order valence-corrected chi connectivity index (χ0v) is 8.73. The van der Waals surface area contributed by atoms with Crippen molar-refractivity contribution in [1.82, 2.24) is 4.90 Å². The van der Waals surface area contributed by atoms with Gasteiger partial charge in [-0.15, -0.1) is 0 Å². The Morgan fingerprint density at radius 1 is 1.57 bits per heavy atom. The van der Waals surface area contributed by atoms with Gasteiger partial charge in [0.1, 0.15) is 6.54 Å². The van der Waals surface area contributed by atoms with Gasteiger partial charge < -0.3 is 9.64 Å². The molecule has 0 fully saturated rings. The third kappa shape index (κ3) is 2.73. The number of aryl methyl sites for hydroxylation is 1. The van der Waals surface area contributed by atoms with Crippen molar-refractivity contribution in [2.75, 3.05) is 14.1 Å². The van der Waals surface area contributed by atoms with Gasteiger partial charge in [-0.25, -0.2) is 9.36 Å². The second-order valence-corrected chi connectivity index (χ2v) is 3.13. The molecule has 0 atom stereocenters. The summed E-state index contributed by atoms with van der Waals surface area (Å²) < 4.78 is 7.03. The molecule has 76 valence electrons. The largest absolute Gasteiger partial charge is 0.414 e. The number of hydrogen-bond donors (Lipinski definition) is 0. The average Bonchev–Trinajstić information content (AvgIpc) is 2.18. The van der Waals surface area contributed by atoms with Crippen molar-refractivity contribution in [1.29, 1.82) is 0 Å². The molecule has 0 aliphatic carbocycles. The van der Waals surface area contributed by atoms with Gasteiger partial charge in [-0.1, -0.05) is 0 Å². The second kappa shape index (κ2) is 4.60. The molecule has 0 aromatic carbocycles. The molecule has 0 N–H and O–H groups in total. The normalized spacial score (nSPS) is 9.64. The van der Waals surface area contributed by atoms with Crippen molar-refractivity contribution in [2.24, 2.45) is 0 Å². The molecule has 0 bridgehead atoms. The fourth-order valence-corrected chi connectivity index (χ4v) is 0.947. The average molecular weight is 195 g/mol. The van der Waals surface area contributed by atoms with E-state index in [-0.39, 0.29) is 6.09 Å². The predicted molar refractivity (Wildman–Crippen MR) is 52.0 cm³/mol. The van der Waals surface area contributed by atoms with Crippen LogP contribution in [0.5, 0.6) is 5.75 Å². The molecule has 0 radical (unpaired) electrons. The van der Waals surface area contributed by atoms with Gasteiger partial charge in [-0.05, 0) is 13.0 Å². The van der Waals surface area contributed by atoms with Gasteiger partial charge in [0.15, 0.2) is 11.9 Å². The minimum Gasteiger partial charge on any atom is -0.404 e. The van der Waals surface area contributed by atoms with E-state index < -0.39 is 0 Å². The van der Waals surface area contributed by atoms with Crippen LogP contribution in [0.15, 0.2) is 24.5 Å². The maximum Gasteiger partial charge on any atom is 0.414 e. The number of carbonyl (C=O) groups excluding carboxylic acids is 1. The lowest BCUT2D eigenvalue weighted by molar-refractivity contribution is -0.693. The van der Waals surface area contributed by atoms with Gasteiger partial charge in [-0.3, -0.25) is 0 Å². The molecule has 0 aliphatic rings. The SMILES string of the molecule is CC[n+]1cccc(OC(=O)N(C)C)c1. The Kier molecular flexibility index (Phi) is 3.45. The first kappa shape index (κ1) is 10.5. The number of pyridine rings is 1. The summed E-state index contributed by atoms with van der Waals surface area (Å²) in [6.07, 6.45) is 3.35. The number of carbonyl (C=O) groups is 1. The second-order valence-electron chi connectivity index (χ2n) is 3.13. The highest BCUT2D eigenvalue weighted by molar-refractivity contribution is 5.69. The van der Waals surface area contributed by atoms with Crippen molar-refractivity contribution in [2.45, 2.75) is 13.5 Å². The van der Waals surface area contributed by atoms with Crippen LogP contribution < -0.4 is 9.30 Å². The Bertz CT molecular complexity index is 324. The molecule has 0 aliphatic heterocycles. The Morgan fingerprint density at radius 2 is 2.29 bits per heavy atom. The molecule has 1 rings (SSSR count). The third-order valence-corrected chi connectivity index (χ3v) is 1.77. The first-order valence-electron chi connectivity index (χ1n) is 4.51. The molecule has 1 aromatic rings. The lowest BCUT2D eigenvalue weighted by Gasteiger charge is -2.09. The van der Waals surface area contributed by atoms with Crippen molar-refractivity contribution in [3.05, 3.63) is 24.5 Å². The highest BCUT2D eigenvalue weighted by Crippen LogP contribution is 2.06. The van der Waals surface area contributed by atoms with E-state index in [9.17, 15) is 4.79 Å². The molecular formula is C10H15N2O2+. The number of rotatable bonds is 2. The number of nitrogens with zero attached hydrogens (tertiary/aromatic N) is 2. The van der Waals surface area contributed by atoms with Gasteiger partial charge >= 0.3 is 6.09 Å². The van der Waals surface area contributed by atoms with Crippen LogP contribution >= 0.6 is 0 Å². The van der Waals surface area contributed by atoms with E-state index in [1.54, 1.807) is 26.4 Å². The van der Waals surface area contributed by atoms with E-state index in [2.05, 4.69) is 0 Å². The third-order valence-electron chi connectivity index (χ3n) is 1.77. The molecule has 0 spiro atoms. The summed E-state index contributed by atoms with van der Waals surface area (Å²) in [4.78, 5) is 12.6. The van der Waals surface area contributed by atoms with Crippen molar-refractivity contribution in [3.8, 4) is 5.75 Å². The quantitative estimate of drug-likeness (QED) is 0.661. The highest BCUT2D eigenvalue weighted by Gasteiger charge is 2.08. The van der Waals surface area contributed by atoms with Crippen LogP contribution in [0.25, 0.3) is 0 Å². The van der Waals surface area contributed by atoms with Crippen LogP contribution in [0.2, 0.25) is 0 Å². The van der Waals surface area contributed by atoms with Gasteiger partial charge in [0.2, 0.25) is 6.20 Å². The first-order valence-corrected chi connectivity index (χ1v) is 4.51. The van der Waals surface area contributed by atoms with Crippen LogP contribution in [-0.4, -0.2) is 25.1 Å². The molecule has 4 heteroatoms. The van der Waals surface area contributed by atoms with Crippen LogP contribution in [0.1, 0.15) is 6.92 Å². The summed E-state index contributed by atoms with van der Waals surface area (Å²) in [5.74, 6) is 0.563. The molecule has 0 unspecified atom stereocenters. The van der Waals surface area contributed by atoms with Crippen molar-refractivity contribution in [3.63, 3.8) is 0 Å². The van der Waals surface area contributed by atoms with Crippen LogP contribution in [0.4, 0.5) is 4.79 Å². The Morgan fingerprint density at radius 3 is 2.86 bits per heavy atom. The van der Waals surface area contributed by atoms with Crippen molar-refractivity contribution < 1.29 is 14.1 Å². The molecule has 14 heavy (non-hydrogen) atoms. The zero-order valence-electron chi connectivity index (χ0n) is 8.73. The van der Waals surface area contributed by atoms with Crippen molar-refractivity contribution >= 4 is 6.09 Å². The minimum atomic E-state index is -0.362. The smallest absolute Gasteiger partial charge is 0.404 e. The Labute approximate surface area is 83.7 Å². The van der Waals surface area contributed by atoms with Crippen LogP contribution in [0.3, 0.4) is 0 Å². The number of hydrogen-bond acceptors (Lipinski definition) is 2. The summed E-state index contributed by atoms with van der Waals surface area (Å²) in [5.41, 5.74) is 0. The van der Waals surface area contributed by atoms with Gasteiger partial charge in [0.05, 0.1) is 0 Å². The lowest BCUT2D eigenvalue weighted by Crippen LogP contribution is -2.32. The predicted octanol–water partition coefficient (Wildman–Crippen LogP) is 1.05. The van der Waals surface area contributed by atoms with E-state index in [4.69, 9.17) is 4.74 Å². The molecular weight excluding hydrogens is 180 g/mol. The number of amides is 1. The van der Waals surface area contributed by atoms with E-state index in [1.807, 2.05) is 23.8 Å². The molecule has 1 heterocycles. The minimum absolute atomic E-state index is 0.362. The van der Waals surface area contributed by atoms with Gasteiger partial charge in [0.25, 0.3) is 0 Å². The van der Waals surface area contributed by atoms with E-state index in [0.29, 0.717) is 5.75 Å². The summed E-state index contributed by atoms with van der Waals surface area (Å²) in [5, 5.41) is 0. The molecule has 1 amide bonds. The highest BCUT2D eigenvalue weighted by atomic mass is 16.6. The summed E-state index contributed by atoms with van der Waals surface area (Å²) >= 11 is 0. The zero-order chi connectivity index (χ0) is 10.6. The molecule has 0 saturated heterocycles. The fraction of sp³-hybridized carbons (Fsp3) is 0.400. The monoisotopic (exact) mass is 195 g/mol. The Hall–Kier alpha value is -1.58. The summed E-state index contributed by atoms with van der Waals surface area (Å²) in [6, 6.07) is 3.61. The van der Waals surface area contributed by atoms with Crippen LogP contribution in [0, 0.1) is 0 Å². The first-order chi connectivity index (χ1) is 6.63. The van der Waals surface area contributed by atoms with E-state index >= 15 is 0 Å². The maximum atomic E-state index is 11.2. The fourth-order valence-electron chi connectivity index (χ4n) is 0.947. The Balaban J connectivity index is 2.72. The lowest BCUT2D eigenvalue weighted by atomic mass is 10.4. The molecule has 0 saturated carbocycles. The molecule has 4 nitrogen and oxygen atoms in total. The summed E-state index contributed by atoms with van der Waals surface area (Å²) in [7, 11) is 3.30. The van der Waals surface area contributed by atoms with E-state index in [1.165, 1.54) is 4.90 Å².